The molecule has 1 atom stereocenters. The Morgan fingerprint density at radius 2 is 1.85 bits per heavy atom. The Labute approximate surface area is 150 Å². The lowest BCUT2D eigenvalue weighted by Gasteiger charge is -2.35. The highest BCUT2D eigenvalue weighted by molar-refractivity contribution is 6.09. The number of carbonyl (C=O) groups is 4. The lowest BCUT2D eigenvalue weighted by molar-refractivity contribution is -0.157. The highest BCUT2D eigenvalue weighted by Gasteiger charge is 2.45. The smallest absolute Gasteiger partial charge is 0.407 e. The van der Waals surface area contributed by atoms with Crippen LogP contribution in [-0.4, -0.2) is 45.7 Å². The Hall–Kier alpha value is -3.10. The van der Waals surface area contributed by atoms with E-state index < -0.39 is 35.6 Å². The number of urea groups is 1. The number of hydrogen-bond acceptors (Lipinski definition) is 5. The number of amides is 4. The third-order valence-corrected chi connectivity index (χ3v) is 3.49. The van der Waals surface area contributed by atoms with E-state index in [1.165, 1.54) is 0 Å². The first kappa shape index (κ1) is 19.2. The number of carboxylic acids is 1. The molecule has 1 saturated heterocycles. The van der Waals surface area contributed by atoms with E-state index in [2.05, 4.69) is 10.6 Å². The Morgan fingerprint density at radius 3 is 2.35 bits per heavy atom. The Kier molecular flexibility index (Phi) is 5.49. The summed E-state index contributed by atoms with van der Waals surface area (Å²) in [5.41, 5.74) is 0.595. The lowest BCUT2D eigenvalue weighted by atomic mass is 10.0. The monoisotopic (exact) mass is 363 g/mol. The van der Waals surface area contributed by atoms with Crippen molar-refractivity contribution in [2.75, 3.05) is 5.32 Å². The van der Waals surface area contributed by atoms with Crippen LogP contribution in [0, 0.1) is 0 Å². The summed E-state index contributed by atoms with van der Waals surface area (Å²) in [5, 5.41) is 14.0. The van der Waals surface area contributed by atoms with E-state index in [1.807, 2.05) is 0 Å². The molecular weight excluding hydrogens is 342 g/mol. The van der Waals surface area contributed by atoms with Crippen molar-refractivity contribution in [3.05, 3.63) is 29.8 Å². The number of carboxylic acid groups (broad SMARTS) is 1. The largest absolute Gasteiger partial charge is 0.480 e. The van der Waals surface area contributed by atoms with Gasteiger partial charge in [0.25, 0.3) is 0 Å². The molecule has 1 aromatic carbocycles. The molecule has 3 N–H and O–H groups in total. The van der Waals surface area contributed by atoms with Crippen molar-refractivity contribution in [1.29, 1.82) is 0 Å². The lowest BCUT2D eigenvalue weighted by Crippen LogP contribution is -2.60. The fourth-order valence-electron chi connectivity index (χ4n) is 2.25. The Bertz CT molecular complexity index is 723. The SMILES string of the molecule is CC(C)(C)OC(=O)NCc1ccc(NC(=O)N2C(=O)CC2C(=O)O)cc1. The van der Waals surface area contributed by atoms with Crippen LogP contribution in [0.2, 0.25) is 0 Å². The molecule has 0 saturated carbocycles. The number of aliphatic carboxylic acids is 1. The maximum Gasteiger partial charge on any atom is 0.407 e. The van der Waals surface area contributed by atoms with E-state index in [0.717, 1.165) is 5.56 Å². The average molecular weight is 363 g/mol. The van der Waals surface area contributed by atoms with Gasteiger partial charge in [-0.25, -0.2) is 19.3 Å². The summed E-state index contributed by atoms with van der Waals surface area (Å²) in [6.45, 7) is 5.54. The number of imide groups is 1. The molecule has 1 aliphatic rings. The van der Waals surface area contributed by atoms with Crippen LogP contribution in [0.4, 0.5) is 15.3 Å². The van der Waals surface area contributed by atoms with Crippen molar-refractivity contribution in [2.24, 2.45) is 0 Å². The van der Waals surface area contributed by atoms with E-state index in [0.29, 0.717) is 10.6 Å². The van der Waals surface area contributed by atoms with E-state index >= 15 is 0 Å². The Morgan fingerprint density at radius 1 is 1.23 bits per heavy atom. The molecule has 9 nitrogen and oxygen atoms in total. The number of ether oxygens (including phenoxy) is 1. The van der Waals surface area contributed by atoms with E-state index in [4.69, 9.17) is 9.84 Å². The van der Waals surface area contributed by atoms with E-state index in [9.17, 15) is 19.2 Å². The molecule has 0 aliphatic carbocycles. The summed E-state index contributed by atoms with van der Waals surface area (Å²) in [5.74, 6) is -1.75. The van der Waals surface area contributed by atoms with Gasteiger partial charge in [0, 0.05) is 12.2 Å². The molecule has 1 aliphatic heterocycles. The number of alkyl carbamates (subject to hydrolysis) is 1. The highest BCUT2D eigenvalue weighted by atomic mass is 16.6. The van der Waals surface area contributed by atoms with Crippen molar-refractivity contribution >= 4 is 29.7 Å². The van der Waals surface area contributed by atoms with Gasteiger partial charge in [-0.3, -0.25) is 4.79 Å². The van der Waals surface area contributed by atoms with Crippen LogP contribution < -0.4 is 10.6 Å². The standard InChI is InChI=1S/C17H21N3O6/c1-17(2,3)26-16(25)18-9-10-4-6-11(7-5-10)19-15(24)20-12(14(22)23)8-13(20)21/h4-7,12H,8-9H2,1-3H3,(H,18,25)(H,19,24)(H,22,23). The van der Waals surface area contributed by atoms with Crippen LogP contribution in [0.25, 0.3) is 0 Å². The van der Waals surface area contributed by atoms with Crippen molar-refractivity contribution in [3.8, 4) is 0 Å². The first-order valence-corrected chi connectivity index (χ1v) is 7.98. The molecule has 1 aromatic rings. The number of likely N-dealkylation sites (tertiary alicyclic amines) is 1. The summed E-state index contributed by atoms with van der Waals surface area (Å²) in [6.07, 6.45) is -0.719. The number of rotatable bonds is 4. The third-order valence-electron chi connectivity index (χ3n) is 3.49. The van der Waals surface area contributed by atoms with E-state index in [-0.39, 0.29) is 13.0 Å². The minimum atomic E-state index is -1.22. The third kappa shape index (κ3) is 4.95. The second kappa shape index (κ2) is 7.42. The summed E-state index contributed by atoms with van der Waals surface area (Å²) in [6, 6.07) is 4.63. The van der Waals surface area contributed by atoms with E-state index in [1.54, 1.807) is 45.0 Å². The predicted molar refractivity (Wildman–Crippen MR) is 91.4 cm³/mol. The first-order valence-electron chi connectivity index (χ1n) is 7.98. The summed E-state index contributed by atoms with van der Waals surface area (Å²) in [7, 11) is 0. The summed E-state index contributed by atoms with van der Waals surface area (Å²) >= 11 is 0. The van der Waals surface area contributed by atoms with Gasteiger partial charge in [-0.05, 0) is 38.5 Å². The van der Waals surface area contributed by atoms with Crippen LogP contribution in [0.15, 0.2) is 24.3 Å². The second-order valence-electron chi connectivity index (χ2n) is 6.80. The fourth-order valence-corrected chi connectivity index (χ4v) is 2.25. The molecule has 0 radical (unpaired) electrons. The molecule has 140 valence electrons. The maximum atomic E-state index is 12.0. The molecule has 2 rings (SSSR count). The molecular formula is C17H21N3O6. The van der Waals surface area contributed by atoms with Gasteiger partial charge in [0.2, 0.25) is 5.91 Å². The molecule has 9 heteroatoms. The van der Waals surface area contributed by atoms with Crippen LogP contribution >= 0.6 is 0 Å². The number of carbonyl (C=O) groups excluding carboxylic acids is 3. The normalized spacial score (nSPS) is 16.5. The highest BCUT2D eigenvalue weighted by Crippen LogP contribution is 2.21. The van der Waals surface area contributed by atoms with Gasteiger partial charge >= 0.3 is 18.1 Å². The second-order valence-corrected chi connectivity index (χ2v) is 6.80. The molecule has 26 heavy (non-hydrogen) atoms. The van der Waals surface area contributed by atoms with Gasteiger partial charge in [0.1, 0.15) is 11.6 Å². The molecule has 1 fully saturated rings. The van der Waals surface area contributed by atoms with Crippen LogP contribution in [0.1, 0.15) is 32.8 Å². The fraction of sp³-hybridized carbons (Fsp3) is 0.412. The first-order chi connectivity index (χ1) is 12.1. The number of nitrogens with one attached hydrogen (secondary N) is 2. The zero-order valence-corrected chi connectivity index (χ0v) is 14.7. The van der Waals surface area contributed by atoms with Gasteiger partial charge in [-0.1, -0.05) is 12.1 Å². The number of anilines is 1. The molecule has 0 spiro atoms. The number of nitrogens with zero attached hydrogens (tertiary/aromatic N) is 1. The minimum absolute atomic E-state index is 0.183. The van der Waals surface area contributed by atoms with Gasteiger partial charge in [0.15, 0.2) is 0 Å². The number of β-lactam (4-membered cyclic amide) rings is 1. The van der Waals surface area contributed by atoms with Gasteiger partial charge in [0.05, 0.1) is 6.42 Å². The summed E-state index contributed by atoms with van der Waals surface area (Å²) < 4.78 is 5.13. The van der Waals surface area contributed by atoms with Gasteiger partial charge in [-0.15, -0.1) is 0 Å². The predicted octanol–water partition coefficient (Wildman–Crippen LogP) is 1.93. The average Bonchev–Trinajstić information content (AvgIpc) is 2.49. The van der Waals surface area contributed by atoms with Gasteiger partial charge in [-0.2, -0.15) is 0 Å². The quantitative estimate of drug-likeness (QED) is 0.702. The minimum Gasteiger partial charge on any atom is -0.480 e. The number of benzene rings is 1. The molecule has 0 aromatic heterocycles. The van der Waals surface area contributed by atoms with Crippen LogP contribution in [-0.2, 0) is 20.9 Å². The van der Waals surface area contributed by atoms with Crippen molar-refractivity contribution < 1.29 is 29.0 Å². The van der Waals surface area contributed by atoms with Crippen molar-refractivity contribution in [2.45, 2.75) is 45.4 Å². The van der Waals surface area contributed by atoms with Crippen LogP contribution in [0.3, 0.4) is 0 Å². The molecule has 0 bridgehead atoms. The topological polar surface area (TPSA) is 125 Å². The maximum absolute atomic E-state index is 12.0. The molecule has 1 unspecified atom stereocenters. The molecule has 4 amide bonds. The zero-order chi connectivity index (χ0) is 19.5. The Balaban J connectivity index is 1.87. The van der Waals surface area contributed by atoms with Crippen molar-refractivity contribution in [3.63, 3.8) is 0 Å². The number of hydrogen-bond donors (Lipinski definition) is 3. The van der Waals surface area contributed by atoms with Crippen molar-refractivity contribution in [1.82, 2.24) is 10.2 Å². The summed E-state index contributed by atoms with van der Waals surface area (Å²) in [4.78, 5) is 46.7. The molecule has 1 heterocycles. The van der Waals surface area contributed by atoms with Gasteiger partial charge < -0.3 is 20.5 Å². The van der Waals surface area contributed by atoms with Crippen LogP contribution in [0.5, 0.6) is 0 Å². The zero-order valence-electron chi connectivity index (χ0n) is 14.7.